The molecule has 3 aromatic carbocycles. The molecule has 1 aliphatic heterocycles. The van der Waals surface area contributed by atoms with Gasteiger partial charge in [-0.05, 0) is 30.6 Å². The minimum Gasteiger partial charge on any atom is -0.477 e. The van der Waals surface area contributed by atoms with Crippen molar-refractivity contribution in [3.8, 4) is 5.69 Å². The molecule has 0 amide bonds. The summed E-state index contributed by atoms with van der Waals surface area (Å²) in [6.07, 6.45) is 2.06. The Bertz CT molecular complexity index is 1650. The van der Waals surface area contributed by atoms with Crippen molar-refractivity contribution in [2.45, 2.75) is 0 Å². The summed E-state index contributed by atoms with van der Waals surface area (Å²) in [6, 6.07) is 16.3. The molecule has 1 aliphatic rings. The molecule has 194 valence electrons. The van der Waals surface area contributed by atoms with Gasteiger partial charge in [0.2, 0.25) is 5.43 Å². The maximum Gasteiger partial charge on any atom is 0.341 e. The van der Waals surface area contributed by atoms with Crippen molar-refractivity contribution in [2.75, 3.05) is 44.4 Å². The number of hydrogen-bond donors (Lipinski definition) is 2. The summed E-state index contributed by atoms with van der Waals surface area (Å²) in [7, 11) is -1.64. The minimum absolute atomic E-state index is 0.0493. The van der Waals surface area contributed by atoms with Gasteiger partial charge in [-0.1, -0.05) is 36.4 Å². The lowest BCUT2D eigenvalue weighted by atomic mass is 10.1. The molecule has 9 nitrogen and oxygen atoms in total. The number of nitrogens with zero attached hydrogens (tertiary/aromatic N) is 3. The second-order valence-electron chi connectivity index (χ2n) is 8.89. The predicted octanol–water partition coefficient (Wildman–Crippen LogP) is 3.24. The lowest BCUT2D eigenvalue weighted by molar-refractivity contribution is 0.0695. The molecule has 2 N–H and O–H groups in total. The van der Waals surface area contributed by atoms with E-state index in [1.54, 1.807) is 10.6 Å². The fourth-order valence-electron chi connectivity index (χ4n) is 4.39. The summed E-state index contributed by atoms with van der Waals surface area (Å²) in [5.74, 6) is -1.86. The number of fused-ring (bicyclic) bond motifs is 2. The van der Waals surface area contributed by atoms with Crippen molar-refractivity contribution in [1.82, 2.24) is 9.47 Å². The number of pyridine rings is 1. The van der Waals surface area contributed by atoms with Crippen LogP contribution in [0.15, 0.2) is 65.6 Å². The summed E-state index contributed by atoms with van der Waals surface area (Å²) in [6.45, 7) is 2.96. The third-order valence-corrected chi connectivity index (χ3v) is 6.17. The van der Waals surface area contributed by atoms with Crippen LogP contribution in [0.25, 0.3) is 27.4 Å². The number of benzene rings is 3. The molecule has 0 radical (unpaired) electrons. The van der Waals surface area contributed by atoms with Gasteiger partial charge < -0.3 is 19.5 Å². The summed E-state index contributed by atoms with van der Waals surface area (Å²) in [4.78, 5) is 28.9. The number of piperazine rings is 1. The van der Waals surface area contributed by atoms with Crippen LogP contribution in [0, 0.1) is 5.82 Å². The van der Waals surface area contributed by atoms with Gasteiger partial charge in [0, 0.05) is 43.1 Å². The predicted molar refractivity (Wildman–Crippen MR) is 141 cm³/mol. The van der Waals surface area contributed by atoms with Crippen molar-refractivity contribution < 1.29 is 27.3 Å². The first-order valence-corrected chi connectivity index (χ1v) is 13.2. The molecule has 2 heterocycles. The highest BCUT2D eigenvalue weighted by Gasteiger charge is 2.22. The topological polar surface area (TPSA) is 120 Å². The Kier molecular flexibility index (Phi) is 7.30. The first-order chi connectivity index (χ1) is 17.4. The van der Waals surface area contributed by atoms with Crippen molar-refractivity contribution >= 4 is 43.5 Å². The molecule has 11 heteroatoms. The van der Waals surface area contributed by atoms with Crippen molar-refractivity contribution in [3.05, 3.63) is 82.4 Å². The maximum absolute atomic E-state index is 15.2. The van der Waals surface area contributed by atoms with Gasteiger partial charge in [-0.2, -0.15) is 8.42 Å². The minimum atomic E-state index is -3.67. The zero-order valence-corrected chi connectivity index (χ0v) is 21.1. The number of hydrogen-bond acceptors (Lipinski definition) is 6. The Labute approximate surface area is 212 Å². The van der Waals surface area contributed by atoms with E-state index in [1.165, 1.54) is 12.3 Å². The lowest BCUT2D eigenvalue weighted by Gasteiger charge is -2.34. The quantitative estimate of drug-likeness (QED) is 0.390. The Morgan fingerprint density at radius 2 is 1.57 bits per heavy atom. The normalized spacial score (nSPS) is 14.4. The molecular formula is C26H26FN3O6S. The Morgan fingerprint density at radius 1 is 0.946 bits per heavy atom. The molecule has 5 rings (SSSR count). The number of likely N-dealkylation sites (N-methyl/N-ethyl adjacent to an activating group) is 1. The van der Waals surface area contributed by atoms with Gasteiger partial charge in [-0.3, -0.25) is 9.35 Å². The molecule has 0 aliphatic carbocycles. The van der Waals surface area contributed by atoms with Crippen LogP contribution >= 0.6 is 0 Å². The van der Waals surface area contributed by atoms with E-state index in [-0.39, 0.29) is 5.39 Å². The lowest BCUT2D eigenvalue weighted by Crippen LogP contribution is -2.44. The number of aromatic nitrogens is 1. The summed E-state index contributed by atoms with van der Waals surface area (Å²) >= 11 is 0. The van der Waals surface area contributed by atoms with Gasteiger partial charge in [-0.25, -0.2) is 9.18 Å². The molecule has 0 atom stereocenters. The first-order valence-electron chi connectivity index (χ1n) is 11.4. The van der Waals surface area contributed by atoms with Crippen LogP contribution < -0.4 is 10.3 Å². The van der Waals surface area contributed by atoms with Gasteiger partial charge in [0.15, 0.2) is 0 Å². The average molecular weight is 528 g/mol. The fraction of sp³-hybridized carbons (Fsp3) is 0.231. The zero-order valence-electron chi connectivity index (χ0n) is 20.3. The fourth-order valence-corrected chi connectivity index (χ4v) is 4.39. The van der Waals surface area contributed by atoms with Gasteiger partial charge in [-0.15, -0.1) is 0 Å². The third-order valence-electron chi connectivity index (χ3n) is 6.17. The van der Waals surface area contributed by atoms with Crippen LogP contribution in [0.4, 0.5) is 10.1 Å². The highest BCUT2D eigenvalue weighted by atomic mass is 32.2. The van der Waals surface area contributed by atoms with E-state index in [1.807, 2.05) is 54.4 Å². The molecule has 1 saturated heterocycles. The number of halogens is 1. The maximum atomic E-state index is 15.2. The van der Waals surface area contributed by atoms with Crippen LogP contribution in [0.2, 0.25) is 0 Å². The number of aromatic carboxylic acids is 1. The Hall–Kier alpha value is -3.80. The molecule has 4 aromatic rings. The number of carboxylic acid groups (broad SMARTS) is 1. The van der Waals surface area contributed by atoms with Crippen molar-refractivity contribution in [3.63, 3.8) is 0 Å². The van der Waals surface area contributed by atoms with Crippen molar-refractivity contribution in [2.24, 2.45) is 0 Å². The van der Waals surface area contributed by atoms with Gasteiger partial charge >= 0.3 is 5.97 Å². The summed E-state index contributed by atoms with van der Waals surface area (Å²) in [5.41, 5.74) is 0.547. The van der Waals surface area contributed by atoms with Crippen LogP contribution in [0.1, 0.15) is 10.4 Å². The molecular weight excluding hydrogens is 501 g/mol. The van der Waals surface area contributed by atoms with E-state index in [0.717, 1.165) is 29.5 Å². The van der Waals surface area contributed by atoms with E-state index >= 15 is 4.39 Å². The monoisotopic (exact) mass is 527 g/mol. The third kappa shape index (κ3) is 5.79. The number of anilines is 1. The highest BCUT2D eigenvalue weighted by molar-refractivity contribution is 7.85. The zero-order chi connectivity index (χ0) is 26.9. The Balaban J connectivity index is 0.000000586. The van der Waals surface area contributed by atoms with Gasteiger partial charge in [0.1, 0.15) is 11.4 Å². The molecule has 0 spiro atoms. The second kappa shape index (κ2) is 10.3. The molecule has 0 bridgehead atoms. The first kappa shape index (κ1) is 26.3. The highest BCUT2D eigenvalue weighted by Crippen LogP contribution is 2.30. The Morgan fingerprint density at radius 3 is 2.22 bits per heavy atom. The molecule has 0 unspecified atom stereocenters. The molecule has 37 heavy (non-hydrogen) atoms. The molecule has 0 saturated carbocycles. The number of carboxylic acids is 1. The molecule has 1 fully saturated rings. The average Bonchev–Trinajstić information content (AvgIpc) is 2.83. The smallest absolute Gasteiger partial charge is 0.341 e. The second-order valence-corrected chi connectivity index (χ2v) is 10.4. The van der Waals surface area contributed by atoms with E-state index in [4.69, 9.17) is 4.55 Å². The van der Waals surface area contributed by atoms with Crippen molar-refractivity contribution in [1.29, 1.82) is 0 Å². The van der Waals surface area contributed by atoms with Crippen LogP contribution in [-0.2, 0) is 10.1 Å². The van der Waals surface area contributed by atoms with Crippen LogP contribution in [0.3, 0.4) is 0 Å². The van der Waals surface area contributed by atoms with E-state index < -0.39 is 32.9 Å². The largest absolute Gasteiger partial charge is 0.477 e. The van der Waals surface area contributed by atoms with Gasteiger partial charge in [0.05, 0.1) is 23.1 Å². The van der Waals surface area contributed by atoms with E-state index in [2.05, 4.69) is 4.90 Å². The summed E-state index contributed by atoms with van der Waals surface area (Å²) < 4.78 is 42.7. The molecule has 1 aromatic heterocycles. The number of carbonyl (C=O) groups is 1. The van der Waals surface area contributed by atoms with Crippen LogP contribution in [-0.4, -0.2) is 73.0 Å². The standard InChI is InChI=1S/C25H22FN3O3.CH4O3S/c1-27-9-11-28(12-10-27)23-14-22-18(13-20(23)26)24(30)19(25(31)32)15-29(22)21-8-4-6-16-5-2-3-7-17(16)21;1-5(2,3)4/h2-8,13-15H,9-12H2,1H3,(H,31,32);1H3,(H,2,3,4). The summed E-state index contributed by atoms with van der Waals surface area (Å²) in [5, 5.41) is 11.6. The van der Waals surface area contributed by atoms with Crippen LogP contribution in [0.5, 0.6) is 0 Å². The number of rotatable bonds is 3. The van der Waals surface area contributed by atoms with E-state index in [0.29, 0.717) is 30.5 Å². The van der Waals surface area contributed by atoms with Gasteiger partial charge in [0.25, 0.3) is 10.1 Å². The van der Waals surface area contributed by atoms with E-state index in [9.17, 15) is 23.1 Å². The SMILES string of the molecule is CN1CCN(c2cc3c(cc2F)c(=O)c(C(=O)O)cn3-c2cccc3ccccc23)CC1.CS(=O)(=O)O.